The number of hydrogen-bond acceptors (Lipinski definition) is 4. The first kappa shape index (κ1) is 21.3. The first-order valence-electron chi connectivity index (χ1n) is 11.0. The fraction of sp³-hybridized carbons (Fsp3) is 0.346. The van der Waals surface area contributed by atoms with E-state index in [1.807, 2.05) is 12.2 Å². The molecule has 0 saturated heterocycles. The third-order valence-electron chi connectivity index (χ3n) is 5.63. The number of fused-ring (bicyclic) bond motifs is 2. The van der Waals surface area contributed by atoms with Crippen LogP contribution in [0.2, 0.25) is 0 Å². The van der Waals surface area contributed by atoms with E-state index in [0.717, 1.165) is 30.8 Å². The molecule has 0 amide bonds. The molecule has 2 heterocycles. The highest BCUT2D eigenvalue weighted by Gasteiger charge is 2.29. The van der Waals surface area contributed by atoms with Crippen LogP contribution in [0.5, 0.6) is 0 Å². The number of benzene rings is 2. The van der Waals surface area contributed by atoms with Crippen LogP contribution in [0.3, 0.4) is 0 Å². The minimum Gasteiger partial charge on any atom is -0.335 e. The summed E-state index contributed by atoms with van der Waals surface area (Å²) in [5, 5.41) is 1.05. The molecule has 30 heavy (non-hydrogen) atoms. The average Bonchev–Trinajstić information content (AvgIpc) is 3.27. The molecule has 2 aromatic rings. The summed E-state index contributed by atoms with van der Waals surface area (Å²) in [6, 6.07) is 17.1. The van der Waals surface area contributed by atoms with Crippen molar-refractivity contribution >= 4 is 35.0 Å². The van der Waals surface area contributed by atoms with Gasteiger partial charge in [-0.15, -0.1) is 0 Å². The molecule has 4 heteroatoms. The van der Waals surface area contributed by atoms with Gasteiger partial charge in [0.25, 0.3) is 0 Å². The quantitative estimate of drug-likeness (QED) is 0.394. The van der Waals surface area contributed by atoms with Gasteiger partial charge in [-0.05, 0) is 42.7 Å². The Morgan fingerprint density at radius 2 is 1.67 bits per heavy atom. The van der Waals surface area contributed by atoms with E-state index >= 15 is 0 Å². The molecule has 2 aromatic carbocycles. The predicted octanol–water partition coefficient (Wildman–Crippen LogP) is 7.77. The normalized spacial score (nSPS) is 20.1. The van der Waals surface area contributed by atoms with Crippen molar-refractivity contribution in [1.29, 1.82) is 0 Å². The number of para-hydroxylation sites is 1. The minimum absolute atomic E-state index is 0.101. The molecule has 4 rings (SSSR count). The van der Waals surface area contributed by atoms with Crippen LogP contribution in [0.25, 0.3) is 0 Å². The number of carbonyl (C=O) groups excluding carboxylic acids is 1. The van der Waals surface area contributed by atoms with Crippen LogP contribution < -0.4 is 4.90 Å². The maximum absolute atomic E-state index is 13.1. The molecule has 1 atom stereocenters. The van der Waals surface area contributed by atoms with Gasteiger partial charge in [-0.25, -0.2) is 0 Å². The highest BCUT2D eigenvalue weighted by atomic mass is 32.2. The fourth-order valence-electron chi connectivity index (χ4n) is 4.06. The molecule has 0 spiro atoms. The van der Waals surface area contributed by atoms with Crippen molar-refractivity contribution in [1.82, 2.24) is 0 Å². The highest BCUT2D eigenvalue weighted by Crippen LogP contribution is 2.51. The van der Waals surface area contributed by atoms with Crippen LogP contribution in [0.15, 0.2) is 80.4 Å². The van der Waals surface area contributed by atoms with Crippen LogP contribution in [0, 0.1) is 0 Å². The van der Waals surface area contributed by atoms with E-state index in [4.69, 9.17) is 0 Å². The minimum atomic E-state index is 0.101. The third-order valence-corrected chi connectivity index (χ3v) is 7.98. The molecule has 2 aliphatic heterocycles. The Hall–Kier alpha value is -1.91. The summed E-state index contributed by atoms with van der Waals surface area (Å²) < 4.78 is 0. The van der Waals surface area contributed by atoms with E-state index < -0.39 is 0 Å². The molecular weight excluding hydrogens is 406 g/mol. The molecular formula is C26H29NOS2. The molecule has 0 bridgehead atoms. The number of rotatable bonds is 8. The lowest BCUT2D eigenvalue weighted by Crippen LogP contribution is -2.19. The Bertz CT molecular complexity index is 901. The molecule has 0 radical (unpaired) electrons. The third kappa shape index (κ3) is 4.55. The molecule has 0 saturated carbocycles. The zero-order valence-electron chi connectivity index (χ0n) is 17.8. The van der Waals surface area contributed by atoms with Gasteiger partial charge in [0.05, 0.1) is 10.7 Å². The van der Waals surface area contributed by atoms with Crippen LogP contribution in [-0.4, -0.2) is 12.3 Å². The van der Waals surface area contributed by atoms with Gasteiger partial charge in [0, 0.05) is 33.2 Å². The van der Waals surface area contributed by atoms with Crippen molar-refractivity contribution in [3.8, 4) is 0 Å². The van der Waals surface area contributed by atoms with E-state index in [0.29, 0.717) is 5.92 Å². The number of allylic oxidation sites excluding steroid dienone is 3. The van der Waals surface area contributed by atoms with E-state index in [2.05, 4.69) is 67.3 Å². The largest absolute Gasteiger partial charge is 0.335 e. The van der Waals surface area contributed by atoms with E-state index in [1.54, 1.807) is 23.5 Å². The lowest BCUT2D eigenvalue weighted by molar-refractivity contribution is -0.110. The summed E-state index contributed by atoms with van der Waals surface area (Å²) in [5.74, 6) is 0.460. The molecule has 0 aliphatic carbocycles. The van der Waals surface area contributed by atoms with Crippen LogP contribution in [-0.2, 0) is 4.79 Å². The fourth-order valence-corrected chi connectivity index (χ4v) is 6.48. The number of nitrogens with zero attached hydrogens (tertiary/aromatic N) is 1. The second kappa shape index (κ2) is 9.93. The summed E-state index contributed by atoms with van der Waals surface area (Å²) >= 11 is 3.49. The van der Waals surface area contributed by atoms with Gasteiger partial charge in [0.1, 0.15) is 0 Å². The SMILES string of the molecule is CCCCC1/C(=C/C(=O)/C=C2\Sc3ccccc3N2CCCC)Sc2ccccc21. The monoisotopic (exact) mass is 435 g/mol. The lowest BCUT2D eigenvalue weighted by Gasteiger charge is -2.19. The number of anilines is 1. The van der Waals surface area contributed by atoms with Gasteiger partial charge in [-0.2, -0.15) is 0 Å². The number of hydrogen-bond donors (Lipinski definition) is 0. The Morgan fingerprint density at radius 1 is 0.933 bits per heavy atom. The van der Waals surface area contributed by atoms with Gasteiger partial charge in [0.15, 0.2) is 5.78 Å². The van der Waals surface area contributed by atoms with Gasteiger partial charge in [0.2, 0.25) is 0 Å². The Morgan fingerprint density at radius 3 is 2.47 bits per heavy atom. The zero-order valence-corrected chi connectivity index (χ0v) is 19.4. The van der Waals surface area contributed by atoms with Crippen molar-refractivity contribution < 1.29 is 4.79 Å². The molecule has 156 valence electrons. The van der Waals surface area contributed by atoms with Gasteiger partial charge in [-0.3, -0.25) is 4.79 Å². The maximum Gasteiger partial charge on any atom is 0.182 e. The van der Waals surface area contributed by atoms with Crippen LogP contribution >= 0.6 is 23.5 Å². The topological polar surface area (TPSA) is 20.3 Å². The summed E-state index contributed by atoms with van der Waals surface area (Å²) in [6.07, 6.45) is 9.46. The number of ketones is 1. The van der Waals surface area contributed by atoms with Crippen molar-refractivity contribution in [2.75, 3.05) is 11.4 Å². The van der Waals surface area contributed by atoms with Crippen LogP contribution in [0.4, 0.5) is 5.69 Å². The summed E-state index contributed by atoms with van der Waals surface area (Å²) in [5.41, 5.74) is 2.61. The predicted molar refractivity (Wildman–Crippen MR) is 130 cm³/mol. The van der Waals surface area contributed by atoms with Crippen molar-refractivity contribution in [2.45, 2.75) is 61.7 Å². The van der Waals surface area contributed by atoms with E-state index in [9.17, 15) is 4.79 Å². The molecule has 0 fully saturated rings. The standard InChI is InChI=1S/C26H29NOS2/c1-3-5-11-21-20-12-7-9-14-23(20)29-25(21)17-19(28)18-26-27(16-6-4-2)22-13-8-10-15-24(22)30-26/h7-10,12-15,17-18,21H,3-6,11,16H2,1-2H3/b25-17-,26-18-. The first-order chi connectivity index (χ1) is 14.7. The lowest BCUT2D eigenvalue weighted by atomic mass is 9.93. The Labute approximate surface area is 188 Å². The summed E-state index contributed by atoms with van der Waals surface area (Å²) in [7, 11) is 0. The van der Waals surface area contributed by atoms with Gasteiger partial charge >= 0.3 is 0 Å². The first-order valence-corrected chi connectivity index (χ1v) is 12.6. The van der Waals surface area contributed by atoms with Crippen LogP contribution in [0.1, 0.15) is 57.4 Å². The summed E-state index contributed by atoms with van der Waals surface area (Å²) in [4.78, 5) is 19.1. The van der Waals surface area contributed by atoms with Crippen molar-refractivity contribution in [3.63, 3.8) is 0 Å². The van der Waals surface area contributed by atoms with Crippen molar-refractivity contribution in [2.24, 2.45) is 0 Å². The highest BCUT2D eigenvalue weighted by molar-refractivity contribution is 8.04. The molecule has 2 aliphatic rings. The second-order valence-corrected chi connectivity index (χ2v) is 10.0. The number of unbranched alkanes of at least 4 members (excludes halogenated alkanes) is 2. The summed E-state index contributed by atoms with van der Waals surface area (Å²) in [6.45, 7) is 5.39. The Kier molecular flexibility index (Phi) is 7.06. The van der Waals surface area contributed by atoms with Gasteiger partial charge in [-0.1, -0.05) is 87.0 Å². The van der Waals surface area contributed by atoms with Gasteiger partial charge < -0.3 is 4.90 Å². The smallest absolute Gasteiger partial charge is 0.182 e. The molecule has 2 nitrogen and oxygen atoms in total. The van der Waals surface area contributed by atoms with E-state index in [-0.39, 0.29) is 5.78 Å². The number of thioether (sulfide) groups is 2. The maximum atomic E-state index is 13.1. The second-order valence-electron chi connectivity index (χ2n) is 7.84. The molecule has 0 N–H and O–H groups in total. The molecule has 0 aromatic heterocycles. The Balaban J connectivity index is 1.58. The average molecular weight is 436 g/mol. The molecule has 1 unspecified atom stereocenters. The number of carbonyl (C=O) groups is 1. The zero-order chi connectivity index (χ0) is 20.9. The van der Waals surface area contributed by atoms with E-state index in [1.165, 1.54) is 38.8 Å². The van der Waals surface area contributed by atoms with Crippen molar-refractivity contribution in [3.05, 3.63) is 76.2 Å².